The molecule has 0 radical (unpaired) electrons. The lowest BCUT2D eigenvalue weighted by Gasteiger charge is -2.18. The van der Waals surface area contributed by atoms with Crippen molar-refractivity contribution in [2.45, 2.75) is 374 Å². The molecule has 0 saturated heterocycles. The number of unbranched alkanes of at least 4 members (excludes halogenated alkanes) is 43. The van der Waals surface area contributed by atoms with Gasteiger partial charge in [-0.1, -0.05) is 326 Å². The first-order chi connectivity index (χ1) is 39.0. The van der Waals surface area contributed by atoms with Crippen LogP contribution >= 0.6 is 0 Å². The van der Waals surface area contributed by atoms with Crippen molar-refractivity contribution in [1.29, 1.82) is 0 Å². The zero-order valence-corrected chi connectivity index (χ0v) is 52.9. The van der Waals surface area contributed by atoms with Crippen molar-refractivity contribution in [3.8, 4) is 0 Å². The van der Waals surface area contributed by atoms with E-state index in [0.717, 1.165) is 96.3 Å². The maximum atomic E-state index is 12.9. The van der Waals surface area contributed by atoms with Gasteiger partial charge in [-0.15, -0.1) is 0 Å². The highest BCUT2D eigenvalue weighted by Crippen LogP contribution is 2.18. The third kappa shape index (κ3) is 65.8. The summed E-state index contributed by atoms with van der Waals surface area (Å²) >= 11 is 0. The first kappa shape index (κ1) is 76.1. The molecule has 0 spiro atoms. The Hall–Kier alpha value is -2.89. The highest BCUT2D eigenvalue weighted by atomic mass is 16.6. The van der Waals surface area contributed by atoms with Gasteiger partial charge in [0.25, 0.3) is 0 Å². The second kappa shape index (κ2) is 67.6. The molecule has 0 aromatic heterocycles. The van der Waals surface area contributed by atoms with Gasteiger partial charge in [-0.05, 0) is 83.5 Å². The molecule has 6 nitrogen and oxygen atoms in total. The van der Waals surface area contributed by atoms with Gasteiger partial charge in [0, 0.05) is 19.3 Å². The predicted octanol–water partition coefficient (Wildman–Crippen LogP) is 23.9. The molecule has 1 atom stereocenters. The fourth-order valence-corrected chi connectivity index (χ4v) is 10.3. The van der Waals surface area contributed by atoms with Gasteiger partial charge < -0.3 is 14.2 Å². The van der Waals surface area contributed by atoms with Crippen molar-refractivity contribution >= 4 is 17.9 Å². The fraction of sp³-hybridized carbons (Fsp3) is 0.822. The summed E-state index contributed by atoms with van der Waals surface area (Å²) in [5.41, 5.74) is 0. The van der Waals surface area contributed by atoms with Crippen molar-refractivity contribution in [3.63, 3.8) is 0 Å². The Kier molecular flexibility index (Phi) is 65.1. The van der Waals surface area contributed by atoms with E-state index >= 15 is 0 Å². The van der Waals surface area contributed by atoms with Gasteiger partial charge >= 0.3 is 17.9 Å². The zero-order valence-electron chi connectivity index (χ0n) is 52.9. The van der Waals surface area contributed by atoms with E-state index in [9.17, 15) is 14.4 Å². The minimum Gasteiger partial charge on any atom is -0.462 e. The van der Waals surface area contributed by atoms with Gasteiger partial charge in [0.15, 0.2) is 6.10 Å². The molecule has 0 N–H and O–H groups in total. The van der Waals surface area contributed by atoms with E-state index in [-0.39, 0.29) is 31.1 Å². The summed E-state index contributed by atoms with van der Waals surface area (Å²) in [4.78, 5) is 38.4. The van der Waals surface area contributed by atoms with Gasteiger partial charge in [0.1, 0.15) is 13.2 Å². The largest absolute Gasteiger partial charge is 0.462 e. The van der Waals surface area contributed by atoms with Crippen LogP contribution in [0.3, 0.4) is 0 Å². The van der Waals surface area contributed by atoms with Crippen LogP contribution in [-0.2, 0) is 28.6 Å². The Morgan fingerprint density at radius 1 is 0.266 bits per heavy atom. The number of carbonyl (C=O) groups excluding carboxylic acids is 3. The standard InChI is InChI=1S/C73H132O6/c1-4-7-10-13-16-19-22-25-28-30-31-32-33-34-35-36-37-38-39-40-41-43-45-48-51-54-57-60-63-66-72(75)78-69-70(68-77-71(74)65-62-59-56-53-50-47-44-27-24-21-18-15-12-9-6-3)79-73(76)67-64-61-58-55-52-49-46-42-29-26-23-20-17-14-11-8-5-2/h8,11,17,20,26,29-31,46,49,70H,4-7,9-10,12-16,18-19,21-25,27-28,32-45,47-48,50-69H2,1-3H3/b11-8-,20-17-,29-26-,31-30-,49-46-. The number of rotatable bonds is 64. The molecule has 6 heteroatoms. The molecule has 460 valence electrons. The summed E-state index contributed by atoms with van der Waals surface area (Å²) in [6.45, 7) is 6.57. The lowest BCUT2D eigenvalue weighted by atomic mass is 10.0. The van der Waals surface area contributed by atoms with Crippen molar-refractivity contribution in [2.75, 3.05) is 13.2 Å². The highest BCUT2D eigenvalue weighted by molar-refractivity contribution is 5.71. The van der Waals surface area contributed by atoms with Crippen molar-refractivity contribution in [2.24, 2.45) is 0 Å². The molecule has 1 unspecified atom stereocenters. The van der Waals surface area contributed by atoms with E-state index in [0.29, 0.717) is 19.3 Å². The fourth-order valence-electron chi connectivity index (χ4n) is 10.3. The Morgan fingerprint density at radius 3 is 0.785 bits per heavy atom. The third-order valence-electron chi connectivity index (χ3n) is 15.5. The van der Waals surface area contributed by atoms with Gasteiger partial charge in [-0.2, -0.15) is 0 Å². The first-order valence-electron chi connectivity index (χ1n) is 34.8. The SMILES string of the molecule is CC/C=C\C/C=C\C/C=C\C/C=C\CCCCCCC(=O)OC(COC(=O)CCCCCCCCCCCCCCCCC)COC(=O)CCCCCCCCCCCCCCCCCCC/C=C\CCCCCCCCCC. The summed E-state index contributed by atoms with van der Waals surface area (Å²) in [5, 5.41) is 0. The van der Waals surface area contributed by atoms with E-state index in [1.165, 1.54) is 231 Å². The molecule has 0 aliphatic carbocycles. The lowest BCUT2D eigenvalue weighted by molar-refractivity contribution is -0.167. The molecule has 0 saturated carbocycles. The smallest absolute Gasteiger partial charge is 0.306 e. The number of carbonyl (C=O) groups is 3. The van der Waals surface area contributed by atoms with Crippen molar-refractivity contribution < 1.29 is 28.6 Å². The minimum absolute atomic E-state index is 0.0798. The number of hydrogen-bond acceptors (Lipinski definition) is 6. The van der Waals surface area contributed by atoms with Crippen LogP contribution in [0.4, 0.5) is 0 Å². The summed E-state index contributed by atoms with van der Waals surface area (Å²) in [6, 6.07) is 0. The molecule has 79 heavy (non-hydrogen) atoms. The summed E-state index contributed by atoms with van der Waals surface area (Å²) in [7, 11) is 0. The van der Waals surface area contributed by atoms with E-state index in [4.69, 9.17) is 14.2 Å². The van der Waals surface area contributed by atoms with E-state index in [1.807, 2.05) is 0 Å². The molecule has 0 aliphatic rings. The second-order valence-electron chi connectivity index (χ2n) is 23.4. The Labute approximate surface area is 491 Å². The van der Waals surface area contributed by atoms with Crippen LogP contribution in [0.15, 0.2) is 60.8 Å². The van der Waals surface area contributed by atoms with Crippen molar-refractivity contribution in [3.05, 3.63) is 60.8 Å². The molecule has 0 heterocycles. The van der Waals surface area contributed by atoms with Crippen LogP contribution in [-0.4, -0.2) is 37.2 Å². The van der Waals surface area contributed by atoms with E-state index in [1.54, 1.807) is 0 Å². The van der Waals surface area contributed by atoms with Crippen molar-refractivity contribution in [1.82, 2.24) is 0 Å². The van der Waals surface area contributed by atoms with E-state index < -0.39 is 6.10 Å². The molecular weight excluding hydrogens is 973 g/mol. The zero-order chi connectivity index (χ0) is 57.1. The van der Waals surface area contributed by atoms with E-state index in [2.05, 4.69) is 81.5 Å². The maximum Gasteiger partial charge on any atom is 0.306 e. The monoisotopic (exact) mass is 1110 g/mol. The van der Waals surface area contributed by atoms with Gasteiger partial charge in [0.05, 0.1) is 0 Å². The molecule has 0 amide bonds. The van der Waals surface area contributed by atoms with Crippen LogP contribution in [0.1, 0.15) is 367 Å². The maximum absolute atomic E-state index is 12.9. The van der Waals surface area contributed by atoms with Crippen LogP contribution in [0.5, 0.6) is 0 Å². The second-order valence-corrected chi connectivity index (χ2v) is 23.4. The molecule has 0 bridgehead atoms. The third-order valence-corrected chi connectivity index (χ3v) is 15.5. The summed E-state index contributed by atoms with van der Waals surface area (Å²) in [6.07, 6.45) is 86.8. The normalized spacial score (nSPS) is 12.4. The number of esters is 3. The Morgan fingerprint density at radius 2 is 0.494 bits per heavy atom. The quantitative estimate of drug-likeness (QED) is 0.0261. The van der Waals surface area contributed by atoms with Crippen LogP contribution in [0.25, 0.3) is 0 Å². The number of allylic oxidation sites excluding steroid dienone is 10. The minimum atomic E-state index is -0.786. The summed E-state index contributed by atoms with van der Waals surface area (Å²) < 4.78 is 17.0. The average Bonchev–Trinajstić information content (AvgIpc) is 3.45. The van der Waals surface area contributed by atoms with Crippen LogP contribution in [0.2, 0.25) is 0 Å². The molecule has 0 aliphatic heterocycles. The highest BCUT2D eigenvalue weighted by Gasteiger charge is 2.19. The summed E-state index contributed by atoms with van der Waals surface area (Å²) in [5.74, 6) is -0.881. The molecule has 0 aromatic rings. The number of hydrogen-bond donors (Lipinski definition) is 0. The molecule has 0 rings (SSSR count). The first-order valence-corrected chi connectivity index (χ1v) is 34.8. The van der Waals surface area contributed by atoms with Gasteiger partial charge in [-0.25, -0.2) is 0 Å². The number of ether oxygens (including phenoxy) is 3. The molecule has 0 aromatic carbocycles. The van der Waals surface area contributed by atoms with Crippen LogP contribution < -0.4 is 0 Å². The predicted molar refractivity (Wildman–Crippen MR) is 344 cm³/mol. The van der Waals surface area contributed by atoms with Crippen LogP contribution in [0, 0.1) is 0 Å². The lowest BCUT2D eigenvalue weighted by Crippen LogP contribution is -2.30. The van der Waals surface area contributed by atoms with Gasteiger partial charge in [0.2, 0.25) is 0 Å². The average molecular weight is 1110 g/mol. The molecular formula is C73H132O6. The Balaban J connectivity index is 4.23. The molecule has 0 fully saturated rings. The van der Waals surface area contributed by atoms with Gasteiger partial charge in [-0.3, -0.25) is 14.4 Å². The Bertz CT molecular complexity index is 1410. The topological polar surface area (TPSA) is 78.9 Å².